The average Bonchev–Trinajstić information content (AvgIpc) is 3.17. The normalized spacial score (nSPS) is 13.2. The summed E-state index contributed by atoms with van der Waals surface area (Å²) in [7, 11) is -2.50. The Labute approximate surface area is 192 Å². The van der Waals surface area contributed by atoms with Crippen molar-refractivity contribution < 1.29 is 22.6 Å². The molecular weight excluding hydrogens is 509 g/mol. The first-order valence-corrected chi connectivity index (χ1v) is 18.4. The van der Waals surface area contributed by atoms with E-state index in [9.17, 15) is 13.2 Å². The molecule has 0 radical (unpaired) electrons. The molecule has 0 atom stereocenters. The number of nitrogens with zero attached hydrogens (tertiary/aromatic N) is 4. The lowest BCUT2D eigenvalue weighted by Crippen LogP contribution is -2.22. The lowest BCUT2D eigenvalue weighted by molar-refractivity contribution is -0.141. The van der Waals surface area contributed by atoms with Crippen LogP contribution in [0, 0.1) is 0 Å². The third-order valence-corrected chi connectivity index (χ3v) is 8.43. The van der Waals surface area contributed by atoms with Gasteiger partial charge in [0.15, 0.2) is 11.5 Å². The second-order valence-electron chi connectivity index (χ2n) is 9.98. The van der Waals surface area contributed by atoms with Gasteiger partial charge in [-0.2, -0.15) is 18.3 Å². The predicted octanol–water partition coefficient (Wildman–Crippen LogP) is 6.15. The molecule has 0 aliphatic carbocycles. The summed E-state index contributed by atoms with van der Waals surface area (Å²) in [6.45, 7) is 14.8. The zero-order valence-corrected chi connectivity index (χ0v) is 22.6. The molecule has 0 amide bonds. The van der Waals surface area contributed by atoms with Crippen LogP contribution in [-0.4, -0.2) is 48.7 Å². The molecule has 0 saturated carbocycles. The van der Waals surface area contributed by atoms with Crippen molar-refractivity contribution >= 4 is 32.1 Å². The highest BCUT2D eigenvalue weighted by atomic mass is 79.9. The van der Waals surface area contributed by atoms with Crippen molar-refractivity contribution in [3.8, 4) is 11.5 Å². The molecule has 2 rings (SSSR count). The van der Waals surface area contributed by atoms with E-state index in [0.29, 0.717) is 23.4 Å². The molecule has 12 heteroatoms. The van der Waals surface area contributed by atoms with Crippen LogP contribution in [0.2, 0.25) is 51.4 Å². The standard InChI is InChI=1S/C19H32BrF3N4O2Si2/c1-30(2,3)9-7-28-13-26-12-16(19(21,22)23)24-18(26)17-15(20)11-27(25-17)14-29-8-10-31(4,5)6/h11-12H,7-10,13-14H2,1-6H3. The first-order valence-electron chi connectivity index (χ1n) is 10.2. The summed E-state index contributed by atoms with van der Waals surface area (Å²) in [6.07, 6.45) is -1.89. The molecule has 2 aromatic rings. The Kier molecular flexibility index (Phi) is 8.76. The highest BCUT2D eigenvalue weighted by molar-refractivity contribution is 9.10. The van der Waals surface area contributed by atoms with Gasteiger partial charge in [0.25, 0.3) is 0 Å². The molecule has 0 bridgehead atoms. The van der Waals surface area contributed by atoms with Crippen LogP contribution in [-0.2, 0) is 29.1 Å². The van der Waals surface area contributed by atoms with Gasteiger partial charge in [0.1, 0.15) is 19.2 Å². The molecule has 0 spiro atoms. The number of imidazole rings is 1. The van der Waals surface area contributed by atoms with Crippen LogP contribution in [0.5, 0.6) is 0 Å². The largest absolute Gasteiger partial charge is 0.434 e. The van der Waals surface area contributed by atoms with Crippen LogP contribution < -0.4 is 0 Å². The van der Waals surface area contributed by atoms with Crippen molar-refractivity contribution in [2.24, 2.45) is 0 Å². The summed E-state index contributed by atoms with van der Waals surface area (Å²) >= 11 is 3.39. The monoisotopic (exact) mass is 540 g/mol. The second-order valence-corrected chi connectivity index (χ2v) is 22.1. The molecule has 0 unspecified atom stereocenters. The zero-order chi connectivity index (χ0) is 23.4. The molecule has 176 valence electrons. The summed E-state index contributed by atoms with van der Waals surface area (Å²) in [5.74, 6) is 0.105. The fourth-order valence-corrected chi connectivity index (χ4v) is 4.54. The Bertz CT molecular complexity index is 858. The highest BCUT2D eigenvalue weighted by Crippen LogP contribution is 2.33. The maximum atomic E-state index is 13.3. The van der Waals surface area contributed by atoms with Gasteiger partial charge in [0, 0.05) is 41.8 Å². The Morgan fingerprint density at radius 2 is 1.48 bits per heavy atom. The van der Waals surface area contributed by atoms with Gasteiger partial charge in [-0.05, 0) is 28.0 Å². The van der Waals surface area contributed by atoms with Crippen molar-refractivity contribution in [3.63, 3.8) is 0 Å². The van der Waals surface area contributed by atoms with Gasteiger partial charge in [-0.1, -0.05) is 39.3 Å². The third kappa shape index (κ3) is 8.83. The molecule has 6 nitrogen and oxygen atoms in total. The van der Waals surface area contributed by atoms with E-state index in [1.165, 1.54) is 4.57 Å². The third-order valence-electron chi connectivity index (χ3n) is 4.44. The van der Waals surface area contributed by atoms with Crippen molar-refractivity contribution in [1.82, 2.24) is 19.3 Å². The summed E-state index contributed by atoms with van der Waals surface area (Å²) in [6, 6.07) is 1.95. The van der Waals surface area contributed by atoms with E-state index in [1.54, 1.807) is 10.9 Å². The van der Waals surface area contributed by atoms with Crippen molar-refractivity contribution in [2.45, 2.75) is 71.0 Å². The van der Waals surface area contributed by atoms with Gasteiger partial charge in [-0.15, -0.1) is 0 Å². The molecular formula is C19H32BrF3N4O2Si2. The Morgan fingerprint density at radius 1 is 0.935 bits per heavy atom. The van der Waals surface area contributed by atoms with E-state index in [0.717, 1.165) is 18.3 Å². The van der Waals surface area contributed by atoms with Crippen LogP contribution in [0.15, 0.2) is 16.9 Å². The quantitative estimate of drug-likeness (QED) is 0.253. The molecule has 0 aliphatic heterocycles. The van der Waals surface area contributed by atoms with E-state index in [2.05, 4.69) is 65.3 Å². The maximum Gasteiger partial charge on any atom is 0.434 e. The number of alkyl halides is 3. The van der Waals surface area contributed by atoms with Gasteiger partial charge in [0.05, 0.1) is 4.47 Å². The van der Waals surface area contributed by atoms with Crippen molar-refractivity contribution in [2.75, 3.05) is 13.2 Å². The van der Waals surface area contributed by atoms with Gasteiger partial charge in [-0.25, -0.2) is 9.67 Å². The van der Waals surface area contributed by atoms with E-state index < -0.39 is 28.0 Å². The SMILES string of the molecule is C[Si](C)(C)CCOCn1cc(Br)c(-c2nc(C(F)(F)F)cn2COCC[Si](C)(C)C)n1. The van der Waals surface area contributed by atoms with Crippen LogP contribution in [0.4, 0.5) is 13.2 Å². The summed E-state index contributed by atoms with van der Waals surface area (Å²) in [4.78, 5) is 3.81. The zero-order valence-electron chi connectivity index (χ0n) is 19.0. The maximum absolute atomic E-state index is 13.3. The van der Waals surface area contributed by atoms with Crippen molar-refractivity contribution in [3.05, 3.63) is 22.6 Å². The van der Waals surface area contributed by atoms with E-state index in [4.69, 9.17) is 9.47 Å². The molecule has 0 fully saturated rings. The summed E-state index contributed by atoms with van der Waals surface area (Å²) < 4.78 is 54.7. The number of hydrogen-bond donors (Lipinski definition) is 0. The lowest BCUT2D eigenvalue weighted by atomic mass is 10.4. The number of hydrogen-bond acceptors (Lipinski definition) is 4. The molecule has 0 saturated heterocycles. The van der Waals surface area contributed by atoms with Gasteiger partial charge in [-0.3, -0.25) is 0 Å². The highest BCUT2D eigenvalue weighted by Gasteiger charge is 2.35. The summed E-state index contributed by atoms with van der Waals surface area (Å²) in [5.41, 5.74) is -0.651. The van der Waals surface area contributed by atoms with E-state index in [-0.39, 0.29) is 19.3 Å². The number of ether oxygens (including phenoxy) is 2. The summed E-state index contributed by atoms with van der Waals surface area (Å²) in [5, 5.41) is 4.39. The van der Waals surface area contributed by atoms with Crippen LogP contribution in [0.25, 0.3) is 11.5 Å². The minimum absolute atomic E-state index is 0.0189. The van der Waals surface area contributed by atoms with Crippen LogP contribution in [0.1, 0.15) is 5.69 Å². The minimum Gasteiger partial charge on any atom is -0.361 e. The van der Waals surface area contributed by atoms with Crippen LogP contribution >= 0.6 is 15.9 Å². The Balaban J connectivity index is 2.16. The first kappa shape index (κ1) is 26.3. The van der Waals surface area contributed by atoms with Gasteiger partial charge < -0.3 is 14.0 Å². The number of halogens is 4. The molecule has 31 heavy (non-hydrogen) atoms. The predicted molar refractivity (Wildman–Crippen MR) is 124 cm³/mol. The van der Waals surface area contributed by atoms with Gasteiger partial charge in [0.2, 0.25) is 0 Å². The second kappa shape index (κ2) is 10.3. The first-order chi connectivity index (χ1) is 14.2. The smallest absolute Gasteiger partial charge is 0.361 e. The molecule has 2 heterocycles. The van der Waals surface area contributed by atoms with Crippen molar-refractivity contribution in [1.29, 1.82) is 0 Å². The molecule has 0 N–H and O–H groups in total. The fourth-order valence-electron chi connectivity index (χ4n) is 2.53. The topological polar surface area (TPSA) is 54.1 Å². The fraction of sp³-hybridized carbons (Fsp3) is 0.684. The lowest BCUT2D eigenvalue weighted by Gasteiger charge is -2.16. The average molecular weight is 542 g/mol. The van der Waals surface area contributed by atoms with Crippen LogP contribution in [0.3, 0.4) is 0 Å². The van der Waals surface area contributed by atoms with E-state index >= 15 is 0 Å². The number of rotatable bonds is 11. The Morgan fingerprint density at radius 3 is 2.00 bits per heavy atom. The molecule has 0 aromatic carbocycles. The molecule has 0 aliphatic rings. The Hall–Kier alpha value is -0.956. The molecule has 2 aromatic heterocycles. The minimum atomic E-state index is -4.55. The van der Waals surface area contributed by atoms with E-state index in [1.807, 2.05) is 0 Å². The van der Waals surface area contributed by atoms with Gasteiger partial charge >= 0.3 is 6.18 Å². The number of aromatic nitrogens is 4.